The van der Waals surface area contributed by atoms with Crippen LogP contribution in [0, 0.1) is 0 Å². The summed E-state index contributed by atoms with van der Waals surface area (Å²) < 4.78 is 1.97. The van der Waals surface area contributed by atoms with Crippen molar-refractivity contribution in [1.29, 1.82) is 0 Å². The maximum absolute atomic E-state index is 13.4. The number of amides is 2. The van der Waals surface area contributed by atoms with E-state index in [0.29, 0.717) is 26.1 Å². The van der Waals surface area contributed by atoms with Gasteiger partial charge in [-0.1, -0.05) is 24.3 Å². The van der Waals surface area contributed by atoms with Crippen molar-refractivity contribution in [2.45, 2.75) is 31.8 Å². The Balaban J connectivity index is 1.60. The molecule has 1 fully saturated rings. The fourth-order valence-electron chi connectivity index (χ4n) is 4.46. The first kappa shape index (κ1) is 18.7. The molecule has 0 radical (unpaired) electrons. The maximum atomic E-state index is 13.4. The van der Waals surface area contributed by atoms with Gasteiger partial charge in [0.2, 0.25) is 11.8 Å². The molecule has 1 N–H and O–H groups in total. The van der Waals surface area contributed by atoms with E-state index in [4.69, 9.17) is 0 Å². The van der Waals surface area contributed by atoms with Gasteiger partial charge in [0.05, 0.1) is 12.5 Å². The van der Waals surface area contributed by atoms with Gasteiger partial charge in [0, 0.05) is 52.5 Å². The molecule has 2 atom stereocenters. The number of nitrogens with one attached hydrogen (secondary N) is 1. The van der Waals surface area contributed by atoms with Crippen LogP contribution in [0.15, 0.2) is 36.7 Å². The first-order valence-electron chi connectivity index (χ1n) is 9.88. The molecule has 2 amide bonds. The second-order valence-electron chi connectivity index (χ2n) is 7.58. The van der Waals surface area contributed by atoms with Crippen molar-refractivity contribution >= 4 is 11.8 Å². The minimum atomic E-state index is -0.202. The Morgan fingerprint density at radius 1 is 1.21 bits per heavy atom. The number of benzene rings is 1. The molecule has 2 aliphatic heterocycles. The third kappa shape index (κ3) is 3.42. The third-order valence-corrected chi connectivity index (χ3v) is 5.91. The van der Waals surface area contributed by atoms with E-state index in [1.807, 2.05) is 39.7 Å². The number of rotatable bonds is 3. The molecule has 1 saturated heterocycles. The molecule has 1 aromatic carbocycles. The summed E-state index contributed by atoms with van der Waals surface area (Å²) in [5.41, 5.74) is 2.33. The number of aromatic nitrogens is 2. The van der Waals surface area contributed by atoms with Gasteiger partial charge in [0.25, 0.3) is 0 Å². The number of carbonyl (C=O) groups is 2. The fraction of sp³-hybridized carbons (Fsp3) is 0.476. The van der Waals surface area contributed by atoms with Gasteiger partial charge in [-0.3, -0.25) is 9.59 Å². The molecular formula is C21H27N5O2. The lowest BCUT2D eigenvalue weighted by molar-refractivity contribution is -0.139. The van der Waals surface area contributed by atoms with Gasteiger partial charge in [-0.25, -0.2) is 4.98 Å². The predicted molar refractivity (Wildman–Crippen MR) is 105 cm³/mol. The van der Waals surface area contributed by atoms with Crippen LogP contribution in [0.1, 0.15) is 42.4 Å². The van der Waals surface area contributed by atoms with Crippen LogP contribution >= 0.6 is 0 Å². The average molecular weight is 381 g/mol. The molecule has 28 heavy (non-hydrogen) atoms. The molecule has 2 aromatic rings. The largest absolute Gasteiger partial charge is 0.336 e. The summed E-state index contributed by atoms with van der Waals surface area (Å²) in [5.74, 6) is 0.976. The zero-order chi connectivity index (χ0) is 19.7. The van der Waals surface area contributed by atoms with Crippen molar-refractivity contribution in [1.82, 2.24) is 24.7 Å². The van der Waals surface area contributed by atoms with Crippen molar-refractivity contribution in [2.75, 3.05) is 26.2 Å². The quantitative estimate of drug-likeness (QED) is 0.873. The third-order valence-electron chi connectivity index (χ3n) is 5.91. The molecule has 0 saturated carbocycles. The number of piperazine rings is 1. The lowest BCUT2D eigenvalue weighted by Crippen LogP contribution is -2.50. The SMILES string of the molecule is CC(=O)N1CCc2ccccc2C1CC(=O)N1CCNCC1c1nccn1C. The smallest absolute Gasteiger partial charge is 0.225 e. The summed E-state index contributed by atoms with van der Waals surface area (Å²) in [7, 11) is 1.95. The Morgan fingerprint density at radius 2 is 2.04 bits per heavy atom. The summed E-state index contributed by atoms with van der Waals surface area (Å²) in [5, 5.41) is 3.37. The Bertz CT molecular complexity index is 877. The summed E-state index contributed by atoms with van der Waals surface area (Å²) in [4.78, 5) is 33.9. The number of aryl methyl sites for hydroxylation is 1. The number of nitrogens with zero attached hydrogens (tertiary/aromatic N) is 4. The van der Waals surface area contributed by atoms with E-state index in [-0.39, 0.29) is 23.9 Å². The van der Waals surface area contributed by atoms with Gasteiger partial charge in [-0.05, 0) is 17.5 Å². The molecule has 3 heterocycles. The molecule has 2 aliphatic rings. The van der Waals surface area contributed by atoms with Crippen LogP contribution in [-0.2, 0) is 23.1 Å². The highest BCUT2D eigenvalue weighted by Crippen LogP contribution is 2.34. The van der Waals surface area contributed by atoms with E-state index in [0.717, 1.165) is 24.4 Å². The van der Waals surface area contributed by atoms with Crippen LogP contribution in [0.2, 0.25) is 0 Å². The van der Waals surface area contributed by atoms with Gasteiger partial charge in [-0.15, -0.1) is 0 Å². The van der Waals surface area contributed by atoms with E-state index in [2.05, 4.69) is 22.4 Å². The van der Waals surface area contributed by atoms with Crippen molar-refractivity contribution in [3.05, 3.63) is 53.6 Å². The van der Waals surface area contributed by atoms with Gasteiger partial charge < -0.3 is 19.7 Å². The van der Waals surface area contributed by atoms with Crippen molar-refractivity contribution in [3.63, 3.8) is 0 Å². The molecule has 4 rings (SSSR count). The average Bonchev–Trinajstić information content (AvgIpc) is 3.13. The maximum Gasteiger partial charge on any atom is 0.225 e. The van der Waals surface area contributed by atoms with E-state index < -0.39 is 0 Å². The van der Waals surface area contributed by atoms with Gasteiger partial charge in [0.1, 0.15) is 11.9 Å². The van der Waals surface area contributed by atoms with Crippen molar-refractivity contribution < 1.29 is 9.59 Å². The lowest BCUT2D eigenvalue weighted by atomic mass is 9.90. The van der Waals surface area contributed by atoms with Gasteiger partial charge >= 0.3 is 0 Å². The van der Waals surface area contributed by atoms with E-state index >= 15 is 0 Å². The molecule has 2 unspecified atom stereocenters. The Morgan fingerprint density at radius 3 is 2.79 bits per heavy atom. The number of imidazole rings is 1. The molecule has 1 aromatic heterocycles. The fourth-order valence-corrected chi connectivity index (χ4v) is 4.46. The number of fused-ring (bicyclic) bond motifs is 1. The van der Waals surface area contributed by atoms with Crippen LogP contribution in [0.3, 0.4) is 0 Å². The Hall–Kier alpha value is -2.67. The van der Waals surface area contributed by atoms with Crippen LogP contribution in [-0.4, -0.2) is 57.3 Å². The van der Waals surface area contributed by atoms with Gasteiger partial charge in [-0.2, -0.15) is 0 Å². The number of hydrogen-bond acceptors (Lipinski definition) is 4. The summed E-state index contributed by atoms with van der Waals surface area (Å²) >= 11 is 0. The molecular weight excluding hydrogens is 354 g/mol. The monoisotopic (exact) mass is 381 g/mol. The molecule has 0 bridgehead atoms. The van der Waals surface area contributed by atoms with E-state index in [1.165, 1.54) is 5.56 Å². The summed E-state index contributed by atoms with van der Waals surface area (Å²) in [6, 6.07) is 7.87. The molecule has 0 spiro atoms. The minimum absolute atomic E-state index is 0.0215. The van der Waals surface area contributed by atoms with Crippen molar-refractivity contribution in [2.24, 2.45) is 7.05 Å². The lowest BCUT2D eigenvalue weighted by Gasteiger charge is -2.40. The first-order valence-corrected chi connectivity index (χ1v) is 9.88. The summed E-state index contributed by atoms with van der Waals surface area (Å²) in [6.07, 6.45) is 4.81. The zero-order valence-electron chi connectivity index (χ0n) is 16.5. The van der Waals surface area contributed by atoms with Crippen molar-refractivity contribution in [3.8, 4) is 0 Å². The highest BCUT2D eigenvalue weighted by molar-refractivity contribution is 5.80. The number of hydrogen-bond donors (Lipinski definition) is 1. The molecule has 7 heteroatoms. The molecule has 7 nitrogen and oxygen atoms in total. The minimum Gasteiger partial charge on any atom is -0.336 e. The Kier molecular flexibility index (Phi) is 5.17. The first-order chi connectivity index (χ1) is 13.6. The molecule has 148 valence electrons. The standard InChI is InChI=1S/C21H27N5O2/c1-15(27)25-10-7-16-5-3-4-6-17(16)18(25)13-20(28)26-12-8-22-14-19(26)21-23-9-11-24(21)2/h3-6,9,11,18-19,22H,7-8,10,12-14H2,1-2H3. The second-order valence-corrected chi connectivity index (χ2v) is 7.58. The van der Waals surface area contributed by atoms with E-state index in [1.54, 1.807) is 13.1 Å². The normalized spacial score (nSPS) is 22.1. The second kappa shape index (κ2) is 7.75. The van der Waals surface area contributed by atoms with Crippen LogP contribution in [0.4, 0.5) is 0 Å². The van der Waals surface area contributed by atoms with Crippen LogP contribution in [0.5, 0.6) is 0 Å². The summed E-state index contributed by atoms with van der Waals surface area (Å²) in [6.45, 7) is 4.35. The van der Waals surface area contributed by atoms with Crippen LogP contribution in [0.25, 0.3) is 0 Å². The van der Waals surface area contributed by atoms with Gasteiger partial charge in [0.15, 0.2) is 0 Å². The van der Waals surface area contributed by atoms with Crippen LogP contribution < -0.4 is 5.32 Å². The predicted octanol–water partition coefficient (Wildman–Crippen LogP) is 1.43. The Labute approximate surface area is 165 Å². The highest BCUT2D eigenvalue weighted by Gasteiger charge is 2.35. The molecule has 0 aliphatic carbocycles. The topological polar surface area (TPSA) is 70.5 Å². The van der Waals surface area contributed by atoms with E-state index in [9.17, 15) is 9.59 Å². The zero-order valence-corrected chi connectivity index (χ0v) is 16.5. The number of carbonyl (C=O) groups excluding carboxylic acids is 2. The highest BCUT2D eigenvalue weighted by atomic mass is 16.2.